The van der Waals surface area contributed by atoms with Crippen LogP contribution in [-0.4, -0.2) is 37.2 Å². The van der Waals surface area contributed by atoms with E-state index in [1.807, 2.05) is 0 Å². The zero-order valence-electron chi connectivity index (χ0n) is 52.8. The number of ether oxygens (including phenoxy) is 3. The van der Waals surface area contributed by atoms with Crippen LogP contribution < -0.4 is 0 Å². The second-order valence-corrected chi connectivity index (χ2v) is 22.0. The van der Waals surface area contributed by atoms with E-state index in [4.69, 9.17) is 14.2 Å². The van der Waals surface area contributed by atoms with Gasteiger partial charge in [0, 0.05) is 19.3 Å². The minimum atomic E-state index is -0.787. The molecule has 0 bridgehead atoms. The van der Waals surface area contributed by atoms with Crippen molar-refractivity contribution >= 4 is 17.9 Å². The van der Waals surface area contributed by atoms with Crippen molar-refractivity contribution in [3.63, 3.8) is 0 Å². The first kappa shape index (κ1) is 76.5. The highest BCUT2D eigenvalue weighted by atomic mass is 16.6. The Morgan fingerprint density at radius 1 is 0.259 bits per heavy atom. The molecule has 81 heavy (non-hydrogen) atoms. The molecule has 0 saturated heterocycles. The Bertz CT molecular complexity index is 1720. The fraction of sp³-hybridized carbons (Fsp3) is 0.667. The molecule has 1 atom stereocenters. The monoisotopic (exact) mass is 1120 g/mol. The number of allylic oxidation sites excluding steroid dienone is 22. The first-order chi connectivity index (χ1) is 40.0. The number of hydrogen-bond donors (Lipinski definition) is 0. The Labute approximate surface area is 500 Å². The Balaban J connectivity index is 4.24. The maximum atomic E-state index is 12.9. The van der Waals surface area contributed by atoms with Gasteiger partial charge in [-0.1, -0.05) is 302 Å². The van der Waals surface area contributed by atoms with Crippen LogP contribution in [0.2, 0.25) is 0 Å². The lowest BCUT2D eigenvalue weighted by molar-refractivity contribution is -0.167. The van der Waals surface area contributed by atoms with E-state index < -0.39 is 6.10 Å². The van der Waals surface area contributed by atoms with E-state index >= 15 is 0 Å². The van der Waals surface area contributed by atoms with E-state index in [1.165, 1.54) is 128 Å². The van der Waals surface area contributed by atoms with Gasteiger partial charge in [0.1, 0.15) is 13.2 Å². The SMILES string of the molecule is CC/C=C\C/C=C\C/C=C\C/C=C\C/C=C\C/C=C\C/C=C\CCCCCCCCCC(=O)OCC(COC(=O)CCCCCCCCCCC)OC(=O)CCCCCCCCCCCCCC/C=C\C/C=C\C/C=C\C/C=C\CC. The van der Waals surface area contributed by atoms with Gasteiger partial charge in [-0.15, -0.1) is 0 Å². The maximum absolute atomic E-state index is 12.9. The van der Waals surface area contributed by atoms with Crippen LogP contribution >= 0.6 is 0 Å². The zero-order chi connectivity index (χ0) is 58.5. The molecule has 0 aliphatic heterocycles. The third kappa shape index (κ3) is 66.2. The lowest BCUT2D eigenvalue weighted by Gasteiger charge is -2.18. The molecule has 0 amide bonds. The third-order valence-corrected chi connectivity index (χ3v) is 14.2. The van der Waals surface area contributed by atoms with Crippen molar-refractivity contribution in [3.05, 3.63) is 134 Å². The van der Waals surface area contributed by atoms with Gasteiger partial charge >= 0.3 is 17.9 Å². The Kier molecular flexibility index (Phi) is 64.3. The second-order valence-electron chi connectivity index (χ2n) is 22.0. The summed E-state index contributed by atoms with van der Waals surface area (Å²) >= 11 is 0. The van der Waals surface area contributed by atoms with Crippen molar-refractivity contribution in [1.29, 1.82) is 0 Å². The first-order valence-corrected chi connectivity index (χ1v) is 33.7. The van der Waals surface area contributed by atoms with Crippen molar-refractivity contribution in [2.75, 3.05) is 13.2 Å². The summed E-state index contributed by atoms with van der Waals surface area (Å²) in [4.78, 5) is 38.3. The van der Waals surface area contributed by atoms with Crippen molar-refractivity contribution in [2.45, 2.75) is 309 Å². The standard InChI is InChI=1S/C75H124O6/c1-4-7-10-13-16-19-21-23-25-27-29-31-33-35-36-37-38-40-41-43-45-47-49-51-53-56-59-62-65-68-74(77)80-71-72(70-79-73(76)67-64-61-58-55-18-15-12-9-6-3)81-75(78)69-66-63-60-57-54-52-50-48-46-44-42-39-34-32-30-28-26-24-22-20-17-14-11-8-5-2/h7-8,10-11,16-17,19-20,23-26,29-32,35-36,38,40,43,45,72H,4-6,9,12-15,18,21-22,27-28,33-34,37,39,41-42,44,46-71H2,1-3H3/b10-7-,11-8-,19-16-,20-17-,25-23-,26-24-,31-29-,32-30-,36-35-,40-38-,45-43-. The van der Waals surface area contributed by atoms with Crippen LogP contribution in [0.3, 0.4) is 0 Å². The molecule has 1 unspecified atom stereocenters. The van der Waals surface area contributed by atoms with Crippen LogP contribution in [-0.2, 0) is 28.6 Å². The molecule has 0 radical (unpaired) electrons. The quantitative estimate of drug-likeness (QED) is 0.0261. The number of esters is 3. The molecule has 0 spiro atoms. The van der Waals surface area contributed by atoms with Gasteiger partial charge in [0.2, 0.25) is 0 Å². The third-order valence-electron chi connectivity index (χ3n) is 14.2. The number of rotatable bonds is 60. The van der Waals surface area contributed by atoms with Gasteiger partial charge in [0.15, 0.2) is 6.10 Å². The highest BCUT2D eigenvalue weighted by molar-refractivity contribution is 5.71. The number of carbonyl (C=O) groups is 3. The van der Waals surface area contributed by atoms with E-state index in [-0.39, 0.29) is 31.1 Å². The molecule has 460 valence electrons. The highest BCUT2D eigenvalue weighted by Gasteiger charge is 2.19. The molecule has 6 heteroatoms. The van der Waals surface area contributed by atoms with E-state index in [0.29, 0.717) is 19.3 Å². The second kappa shape index (κ2) is 68.1. The average molecular weight is 1120 g/mol. The lowest BCUT2D eigenvalue weighted by atomic mass is 10.0. The highest BCUT2D eigenvalue weighted by Crippen LogP contribution is 2.16. The van der Waals surface area contributed by atoms with Gasteiger partial charge in [-0.2, -0.15) is 0 Å². The van der Waals surface area contributed by atoms with Crippen LogP contribution in [0.1, 0.15) is 303 Å². The Morgan fingerprint density at radius 3 is 0.753 bits per heavy atom. The lowest BCUT2D eigenvalue weighted by Crippen LogP contribution is -2.30. The Morgan fingerprint density at radius 2 is 0.481 bits per heavy atom. The minimum Gasteiger partial charge on any atom is -0.462 e. The Hall–Kier alpha value is -4.45. The summed E-state index contributed by atoms with van der Waals surface area (Å²) < 4.78 is 16.9. The van der Waals surface area contributed by atoms with Crippen LogP contribution in [0.15, 0.2) is 134 Å². The molecule has 0 saturated carbocycles. The predicted octanol–water partition coefficient (Wildman–Crippen LogP) is 23.3. The molecular weight excluding hydrogens is 997 g/mol. The maximum Gasteiger partial charge on any atom is 0.306 e. The van der Waals surface area contributed by atoms with Crippen LogP contribution in [0.5, 0.6) is 0 Å². The molecule has 0 fully saturated rings. The molecule has 0 aromatic rings. The number of hydrogen-bond acceptors (Lipinski definition) is 6. The fourth-order valence-corrected chi connectivity index (χ4v) is 9.18. The van der Waals surface area contributed by atoms with Gasteiger partial charge in [0.25, 0.3) is 0 Å². The number of unbranched alkanes of at least 4 members (excludes halogenated alkanes) is 27. The summed E-state index contributed by atoms with van der Waals surface area (Å²) in [5.41, 5.74) is 0. The first-order valence-electron chi connectivity index (χ1n) is 33.7. The molecule has 0 aliphatic carbocycles. The molecule has 0 aliphatic rings. The van der Waals surface area contributed by atoms with Crippen molar-refractivity contribution < 1.29 is 28.6 Å². The smallest absolute Gasteiger partial charge is 0.306 e. The molecule has 6 nitrogen and oxygen atoms in total. The molecule has 0 N–H and O–H groups in total. The van der Waals surface area contributed by atoms with Crippen LogP contribution in [0.25, 0.3) is 0 Å². The van der Waals surface area contributed by atoms with Crippen LogP contribution in [0.4, 0.5) is 0 Å². The topological polar surface area (TPSA) is 78.9 Å². The van der Waals surface area contributed by atoms with Crippen molar-refractivity contribution in [3.8, 4) is 0 Å². The largest absolute Gasteiger partial charge is 0.462 e. The molecular formula is C75H124O6. The van der Waals surface area contributed by atoms with E-state index in [0.717, 1.165) is 135 Å². The van der Waals surface area contributed by atoms with Gasteiger partial charge < -0.3 is 14.2 Å². The summed E-state index contributed by atoms with van der Waals surface area (Å²) in [6.07, 6.45) is 96.2. The van der Waals surface area contributed by atoms with Gasteiger partial charge in [-0.3, -0.25) is 14.4 Å². The minimum absolute atomic E-state index is 0.0828. The fourth-order valence-electron chi connectivity index (χ4n) is 9.18. The van der Waals surface area contributed by atoms with Crippen molar-refractivity contribution in [2.24, 2.45) is 0 Å². The summed E-state index contributed by atoms with van der Waals surface area (Å²) in [6.45, 7) is 6.40. The molecule has 0 rings (SSSR count). The van der Waals surface area contributed by atoms with Gasteiger partial charge in [-0.25, -0.2) is 0 Å². The van der Waals surface area contributed by atoms with Crippen molar-refractivity contribution in [1.82, 2.24) is 0 Å². The van der Waals surface area contributed by atoms with Crippen LogP contribution in [0, 0.1) is 0 Å². The van der Waals surface area contributed by atoms with Gasteiger partial charge in [0.05, 0.1) is 0 Å². The summed E-state index contributed by atoms with van der Waals surface area (Å²) in [5.74, 6) is -0.894. The summed E-state index contributed by atoms with van der Waals surface area (Å²) in [7, 11) is 0. The number of carbonyl (C=O) groups excluding carboxylic acids is 3. The van der Waals surface area contributed by atoms with Gasteiger partial charge in [-0.05, 0) is 116 Å². The summed E-state index contributed by atoms with van der Waals surface area (Å²) in [6, 6.07) is 0. The normalized spacial score (nSPS) is 13.0. The van der Waals surface area contributed by atoms with E-state index in [9.17, 15) is 14.4 Å². The molecule has 0 aromatic heterocycles. The van der Waals surface area contributed by atoms with E-state index in [1.54, 1.807) is 0 Å². The predicted molar refractivity (Wildman–Crippen MR) is 353 cm³/mol. The van der Waals surface area contributed by atoms with E-state index in [2.05, 4.69) is 154 Å². The zero-order valence-corrected chi connectivity index (χ0v) is 52.8. The average Bonchev–Trinajstić information content (AvgIpc) is 3.47. The molecule has 0 heterocycles. The molecule has 0 aromatic carbocycles. The summed E-state index contributed by atoms with van der Waals surface area (Å²) in [5, 5.41) is 0.